The van der Waals surface area contributed by atoms with E-state index in [1.807, 2.05) is 6.07 Å². The van der Waals surface area contributed by atoms with Gasteiger partial charge in [-0.15, -0.1) is 0 Å². The van der Waals surface area contributed by atoms with Crippen molar-refractivity contribution in [1.82, 2.24) is 19.5 Å². The Bertz CT molecular complexity index is 1120. The van der Waals surface area contributed by atoms with Gasteiger partial charge in [-0.25, -0.2) is 9.97 Å². The Balaban J connectivity index is 1.77. The van der Waals surface area contributed by atoms with Crippen LogP contribution in [0.15, 0.2) is 18.3 Å². The Hall–Kier alpha value is -2.98. The van der Waals surface area contributed by atoms with Crippen LogP contribution in [-0.2, 0) is 16.9 Å². The number of hydrogen-bond donors (Lipinski definition) is 1. The summed E-state index contributed by atoms with van der Waals surface area (Å²) in [5, 5.41) is 9.28. The van der Waals surface area contributed by atoms with Crippen LogP contribution in [0.2, 0.25) is 0 Å². The second-order valence-corrected chi connectivity index (χ2v) is 7.75. The molecule has 3 aromatic rings. The number of anilines is 1. The number of pyridine rings is 2. The van der Waals surface area contributed by atoms with Gasteiger partial charge in [0.25, 0.3) is 0 Å². The fourth-order valence-electron chi connectivity index (χ4n) is 3.78. The van der Waals surface area contributed by atoms with E-state index in [-0.39, 0.29) is 5.82 Å². The third-order valence-corrected chi connectivity index (χ3v) is 5.38. The number of nitrogens with zero attached hydrogens (tertiary/aromatic N) is 5. The Labute approximate surface area is 156 Å². The number of imidazole rings is 1. The highest BCUT2D eigenvalue weighted by atomic mass is 16.5. The van der Waals surface area contributed by atoms with Gasteiger partial charge in [-0.3, -0.25) is 4.98 Å². The quantitative estimate of drug-likeness (QED) is 0.753. The monoisotopic (exact) mass is 360 g/mol. The number of hydrogen-bond acceptors (Lipinski definition) is 6. The molecular formula is C20H20N6O. The van der Waals surface area contributed by atoms with Crippen molar-refractivity contribution in [2.45, 2.75) is 44.8 Å². The summed E-state index contributed by atoms with van der Waals surface area (Å²) in [6, 6.07) is 5.91. The van der Waals surface area contributed by atoms with Crippen LogP contribution in [0, 0.1) is 11.3 Å². The first-order valence-electron chi connectivity index (χ1n) is 9.19. The fraction of sp³-hybridized carbons (Fsp3) is 0.400. The third-order valence-electron chi connectivity index (χ3n) is 5.38. The Morgan fingerprint density at radius 2 is 2.11 bits per heavy atom. The molecule has 2 aliphatic rings. The third kappa shape index (κ3) is 2.48. The maximum atomic E-state index is 9.28. The number of rotatable bonds is 2. The van der Waals surface area contributed by atoms with Crippen molar-refractivity contribution in [2.75, 3.05) is 12.3 Å². The van der Waals surface area contributed by atoms with E-state index in [0.717, 1.165) is 53.2 Å². The highest BCUT2D eigenvalue weighted by Gasteiger charge is 2.35. The summed E-state index contributed by atoms with van der Waals surface area (Å²) >= 11 is 0. The molecule has 7 nitrogen and oxygen atoms in total. The standard InChI is InChI=1S/C20H20N6O/c1-20(2)19-25-17-15(26(19)5-6-27-20)8-14(24-16(17)11-3-4-11)13-7-12(9-21)18(22)23-10-13/h7-8,10-11H,3-6H2,1-2H3,(H2,22,23). The highest BCUT2D eigenvalue weighted by Crippen LogP contribution is 2.44. The molecular weight excluding hydrogens is 340 g/mol. The van der Waals surface area contributed by atoms with Crippen LogP contribution >= 0.6 is 0 Å². The van der Waals surface area contributed by atoms with Gasteiger partial charge in [-0.05, 0) is 38.8 Å². The molecule has 0 unspecified atom stereocenters. The zero-order valence-corrected chi connectivity index (χ0v) is 15.4. The number of nitrogens with two attached hydrogens (primary N) is 1. The van der Waals surface area contributed by atoms with Crippen molar-refractivity contribution in [2.24, 2.45) is 0 Å². The summed E-state index contributed by atoms with van der Waals surface area (Å²) in [5.41, 5.74) is 10.4. The zero-order valence-electron chi connectivity index (χ0n) is 15.4. The number of nitrogen functional groups attached to an aromatic ring is 1. The smallest absolute Gasteiger partial charge is 0.141 e. The van der Waals surface area contributed by atoms with Crippen LogP contribution in [0.5, 0.6) is 0 Å². The van der Waals surface area contributed by atoms with Crippen molar-refractivity contribution < 1.29 is 4.74 Å². The minimum Gasteiger partial charge on any atom is -0.383 e. The molecule has 1 saturated carbocycles. The van der Waals surface area contributed by atoms with Gasteiger partial charge in [-0.2, -0.15) is 5.26 Å². The summed E-state index contributed by atoms with van der Waals surface area (Å²) < 4.78 is 8.17. The van der Waals surface area contributed by atoms with Crippen molar-refractivity contribution >= 4 is 16.9 Å². The molecule has 0 amide bonds. The topological polar surface area (TPSA) is 103 Å². The second-order valence-electron chi connectivity index (χ2n) is 7.75. The average Bonchev–Trinajstić information content (AvgIpc) is 3.42. The lowest BCUT2D eigenvalue weighted by Crippen LogP contribution is -2.33. The fourth-order valence-corrected chi connectivity index (χ4v) is 3.78. The van der Waals surface area contributed by atoms with Crippen LogP contribution in [-0.4, -0.2) is 26.1 Å². The lowest BCUT2D eigenvalue weighted by molar-refractivity contribution is -0.0529. The number of ether oxygens (including phenoxy) is 1. The van der Waals surface area contributed by atoms with Gasteiger partial charge >= 0.3 is 0 Å². The van der Waals surface area contributed by atoms with E-state index in [1.54, 1.807) is 12.3 Å². The molecule has 0 radical (unpaired) electrons. The molecule has 5 rings (SSSR count). The lowest BCUT2D eigenvalue weighted by Gasteiger charge is -2.30. The van der Waals surface area contributed by atoms with Gasteiger partial charge in [0, 0.05) is 24.2 Å². The number of nitriles is 1. The lowest BCUT2D eigenvalue weighted by atomic mass is 10.1. The molecule has 1 aliphatic heterocycles. The maximum Gasteiger partial charge on any atom is 0.141 e. The summed E-state index contributed by atoms with van der Waals surface area (Å²) in [6.45, 7) is 5.53. The predicted molar refractivity (Wildman–Crippen MR) is 101 cm³/mol. The van der Waals surface area contributed by atoms with Gasteiger partial charge in [0.15, 0.2) is 0 Å². The van der Waals surface area contributed by atoms with E-state index in [1.165, 1.54) is 0 Å². The molecule has 0 saturated heterocycles. The van der Waals surface area contributed by atoms with E-state index >= 15 is 0 Å². The van der Waals surface area contributed by atoms with Crippen molar-refractivity contribution in [3.63, 3.8) is 0 Å². The van der Waals surface area contributed by atoms with Crippen molar-refractivity contribution in [1.29, 1.82) is 5.26 Å². The first-order chi connectivity index (χ1) is 13.0. The molecule has 2 N–H and O–H groups in total. The van der Waals surface area contributed by atoms with Crippen LogP contribution < -0.4 is 5.73 Å². The summed E-state index contributed by atoms with van der Waals surface area (Å²) in [6.07, 6.45) is 3.95. The molecule has 1 fully saturated rings. The van der Waals surface area contributed by atoms with Gasteiger partial charge < -0.3 is 15.0 Å². The highest BCUT2D eigenvalue weighted by molar-refractivity contribution is 5.84. The Morgan fingerprint density at radius 3 is 2.85 bits per heavy atom. The molecule has 0 atom stereocenters. The van der Waals surface area contributed by atoms with Gasteiger partial charge in [0.2, 0.25) is 0 Å². The van der Waals surface area contributed by atoms with Crippen molar-refractivity contribution in [3.05, 3.63) is 35.4 Å². The van der Waals surface area contributed by atoms with E-state index < -0.39 is 5.60 Å². The number of aromatic nitrogens is 4. The molecule has 1 aliphatic carbocycles. The molecule has 7 heteroatoms. The maximum absolute atomic E-state index is 9.28. The minimum atomic E-state index is -0.422. The molecule has 3 aromatic heterocycles. The van der Waals surface area contributed by atoms with E-state index in [4.69, 9.17) is 20.4 Å². The van der Waals surface area contributed by atoms with Gasteiger partial charge in [-0.1, -0.05) is 0 Å². The van der Waals surface area contributed by atoms with Crippen molar-refractivity contribution in [3.8, 4) is 17.3 Å². The zero-order chi connectivity index (χ0) is 18.8. The first-order valence-corrected chi connectivity index (χ1v) is 9.19. The molecule has 0 aromatic carbocycles. The van der Waals surface area contributed by atoms with E-state index in [9.17, 15) is 5.26 Å². The molecule has 0 bridgehead atoms. The van der Waals surface area contributed by atoms with E-state index in [0.29, 0.717) is 18.1 Å². The number of fused-ring (bicyclic) bond motifs is 3. The van der Waals surface area contributed by atoms with Gasteiger partial charge in [0.1, 0.15) is 28.8 Å². The largest absolute Gasteiger partial charge is 0.383 e. The predicted octanol–water partition coefficient (Wildman–Crippen LogP) is 3.09. The molecule has 0 spiro atoms. The van der Waals surface area contributed by atoms with Crippen LogP contribution in [0.1, 0.15) is 49.7 Å². The minimum absolute atomic E-state index is 0.241. The normalized spacial score (nSPS) is 18.3. The average molecular weight is 360 g/mol. The van der Waals surface area contributed by atoms with Crippen LogP contribution in [0.3, 0.4) is 0 Å². The molecule has 27 heavy (non-hydrogen) atoms. The summed E-state index contributed by atoms with van der Waals surface area (Å²) in [7, 11) is 0. The molecule has 136 valence electrons. The Kier molecular flexibility index (Phi) is 3.31. The second kappa shape index (κ2) is 5.51. The van der Waals surface area contributed by atoms with Crippen LogP contribution in [0.25, 0.3) is 22.3 Å². The van der Waals surface area contributed by atoms with E-state index in [2.05, 4.69) is 29.5 Å². The Morgan fingerprint density at radius 1 is 1.30 bits per heavy atom. The summed E-state index contributed by atoms with van der Waals surface area (Å²) in [5.74, 6) is 1.63. The summed E-state index contributed by atoms with van der Waals surface area (Å²) in [4.78, 5) is 14.0. The molecule has 4 heterocycles. The van der Waals surface area contributed by atoms with Crippen LogP contribution in [0.4, 0.5) is 5.82 Å². The van der Waals surface area contributed by atoms with Gasteiger partial charge in [0.05, 0.1) is 29.1 Å². The SMILES string of the molecule is CC1(C)OCCn2c1nc1c(C3CC3)nc(-c3cnc(N)c(C#N)c3)cc12. The first kappa shape index (κ1) is 16.2.